The Labute approximate surface area is 138 Å². The van der Waals surface area contributed by atoms with E-state index in [-0.39, 0.29) is 23.2 Å². The molecule has 126 valence electrons. The van der Waals surface area contributed by atoms with Crippen molar-refractivity contribution in [3.63, 3.8) is 0 Å². The van der Waals surface area contributed by atoms with E-state index < -0.39 is 10.8 Å². The maximum atomic E-state index is 12.3. The van der Waals surface area contributed by atoms with Crippen LogP contribution in [0.3, 0.4) is 0 Å². The van der Waals surface area contributed by atoms with Crippen LogP contribution in [0.1, 0.15) is 59.8 Å². The van der Waals surface area contributed by atoms with Crippen LogP contribution in [0.2, 0.25) is 0 Å². The van der Waals surface area contributed by atoms with E-state index in [2.05, 4.69) is 15.5 Å². The van der Waals surface area contributed by atoms with Crippen LogP contribution in [0.4, 0.5) is 11.7 Å². The summed E-state index contributed by atoms with van der Waals surface area (Å²) < 4.78 is 5.54. The number of aromatic nitrogens is 2. The van der Waals surface area contributed by atoms with Crippen molar-refractivity contribution in [3.8, 4) is 0 Å². The Morgan fingerprint density at radius 3 is 2.75 bits per heavy atom. The Morgan fingerprint density at radius 2 is 2.04 bits per heavy atom. The van der Waals surface area contributed by atoms with E-state index in [1.807, 2.05) is 0 Å². The number of carbonyl (C=O) groups excluding carboxylic acids is 1. The van der Waals surface area contributed by atoms with E-state index in [9.17, 15) is 14.9 Å². The van der Waals surface area contributed by atoms with Crippen LogP contribution < -0.4 is 5.32 Å². The molecule has 0 bridgehead atoms. The standard InChI is InChI=1S/C16H18N4O4/c1-10-12(8-5-9-13(10)20(22)23)14(21)17-16-19-18-15(24-16)11-6-3-2-4-7-11/h5,8-9,11H,2-4,6-7H2,1H3,(H,17,19,21). The van der Waals surface area contributed by atoms with Gasteiger partial charge in [-0.05, 0) is 25.8 Å². The van der Waals surface area contributed by atoms with Crippen molar-refractivity contribution in [2.24, 2.45) is 0 Å². The van der Waals surface area contributed by atoms with Gasteiger partial charge in [-0.3, -0.25) is 20.2 Å². The summed E-state index contributed by atoms with van der Waals surface area (Å²) >= 11 is 0. The molecule has 1 aromatic heterocycles. The number of nitrogens with one attached hydrogen (secondary N) is 1. The first-order chi connectivity index (χ1) is 11.6. The van der Waals surface area contributed by atoms with Gasteiger partial charge in [0.2, 0.25) is 5.89 Å². The first-order valence-electron chi connectivity index (χ1n) is 7.95. The van der Waals surface area contributed by atoms with E-state index in [4.69, 9.17) is 4.42 Å². The topological polar surface area (TPSA) is 111 Å². The average Bonchev–Trinajstić information content (AvgIpc) is 3.04. The molecule has 8 heteroatoms. The number of hydrogen-bond acceptors (Lipinski definition) is 6. The summed E-state index contributed by atoms with van der Waals surface area (Å²) in [6, 6.07) is 4.38. The lowest BCUT2D eigenvalue weighted by molar-refractivity contribution is -0.385. The largest absolute Gasteiger partial charge is 0.408 e. The van der Waals surface area contributed by atoms with Gasteiger partial charge in [-0.2, -0.15) is 0 Å². The smallest absolute Gasteiger partial charge is 0.322 e. The van der Waals surface area contributed by atoms with Crippen LogP contribution in [0.5, 0.6) is 0 Å². The third-order valence-electron chi connectivity index (χ3n) is 4.36. The zero-order chi connectivity index (χ0) is 17.1. The summed E-state index contributed by atoms with van der Waals surface area (Å²) in [7, 11) is 0. The van der Waals surface area contributed by atoms with Crippen molar-refractivity contribution in [1.82, 2.24) is 10.2 Å². The number of anilines is 1. The molecule has 0 unspecified atom stereocenters. The average molecular weight is 330 g/mol. The number of nitrogens with zero attached hydrogens (tertiary/aromatic N) is 3. The predicted molar refractivity (Wildman–Crippen MR) is 85.9 cm³/mol. The molecule has 1 aliphatic carbocycles. The van der Waals surface area contributed by atoms with E-state index in [1.54, 1.807) is 0 Å². The van der Waals surface area contributed by atoms with Gasteiger partial charge in [0.05, 0.1) is 4.92 Å². The van der Waals surface area contributed by atoms with Gasteiger partial charge in [0.25, 0.3) is 11.6 Å². The highest BCUT2D eigenvalue weighted by Crippen LogP contribution is 2.32. The summed E-state index contributed by atoms with van der Waals surface area (Å²) in [5.74, 6) is 0.284. The maximum absolute atomic E-state index is 12.3. The Balaban J connectivity index is 1.75. The molecule has 1 heterocycles. The van der Waals surface area contributed by atoms with Crippen LogP contribution in [0.15, 0.2) is 22.6 Å². The molecule has 1 amide bonds. The number of carbonyl (C=O) groups is 1. The molecule has 1 aromatic carbocycles. The highest BCUT2D eigenvalue weighted by molar-refractivity contribution is 6.04. The van der Waals surface area contributed by atoms with E-state index in [1.165, 1.54) is 31.5 Å². The van der Waals surface area contributed by atoms with Gasteiger partial charge >= 0.3 is 6.01 Å². The van der Waals surface area contributed by atoms with Crippen molar-refractivity contribution in [1.29, 1.82) is 0 Å². The SMILES string of the molecule is Cc1c(C(=O)Nc2nnc(C3CCCCC3)o2)cccc1[N+](=O)[O-]. The van der Waals surface area contributed by atoms with Crippen LogP contribution >= 0.6 is 0 Å². The maximum Gasteiger partial charge on any atom is 0.322 e. The monoisotopic (exact) mass is 330 g/mol. The van der Waals surface area contributed by atoms with Crippen LogP contribution in [-0.2, 0) is 0 Å². The molecule has 24 heavy (non-hydrogen) atoms. The molecule has 0 aliphatic heterocycles. The second-order valence-electron chi connectivity index (χ2n) is 5.94. The van der Waals surface area contributed by atoms with E-state index in [0.717, 1.165) is 25.7 Å². The molecule has 0 atom stereocenters. The Morgan fingerprint density at radius 1 is 1.29 bits per heavy atom. The fourth-order valence-electron chi connectivity index (χ4n) is 3.03. The molecule has 2 aromatic rings. The van der Waals surface area contributed by atoms with Gasteiger partial charge in [-0.25, -0.2) is 0 Å². The van der Waals surface area contributed by atoms with Crippen LogP contribution in [0.25, 0.3) is 0 Å². The van der Waals surface area contributed by atoms with Crippen LogP contribution in [0, 0.1) is 17.0 Å². The lowest BCUT2D eigenvalue weighted by Crippen LogP contribution is -2.14. The predicted octanol–water partition coefficient (Wildman–Crippen LogP) is 3.59. The van der Waals surface area contributed by atoms with Crippen LogP contribution in [-0.4, -0.2) is 21.0 Å². The summed E-state index contributed by atoms with van der Waals surface area (Å²) in [5, 5.41) is 21.4. The zero-order valence-corrected chi connectivity index (χ0v) is 13.3. The molecule has 1 aliphatic rings. The molecular formula is C16H18N4O4. The zero-order valence-electron chi connectivity index (χ0n) is 13.3. The fourth-order valence-corrected chi connectivity index (χ4v) is 3.03. The minimum Gasteiger partial charge on any atom is -0.408 e. The number of nitro groups is 1. The minimum absolute atomic E-state index is 0.0199. The van der Waals surface area contributed by atoms with Gasteiger partial charge in [0.15, 0.2) is 0 Å². The highest BCUT2D eigenvalue weighted by Gasteiger charge is 2.23. The van der Waals surface area contributed by atoms with Crippen molar-refractivity contribution < 1.29 is 14.1 Å². The normalized spacial score (nSPS) is 15.2. The van der Waals surface area contributed by atoms with Crippen molar-refractivity contribution in [2.75, 3.05) is 5.32 Å². The molecule has 1 saturated carbocycles. The van der Waals surface area contributed by atoms with Gasteiger partial charge < -0.3 is 4.42 Å². The van der Waals surface area contributed by atoms with Gasteiger partial charge in [-0.15, -0.1) is 5.10 Å². The molecule has 8 nitrogen and oxygen atoms in total. The van der Waals surface area contributed by atoms with Gasteiger partial charge in [-0.1, -0.05) is 30.4 Å². The second kappa shape index (κ2) is 6.77. The number of amides is 1. The minimum atomic E-state index is -0.514. The molecule has 3 rings (SSSR count). The lowest BCUT2D eigenvalue weighted by Gasteiger charge is -2.17. The Kier molecular flexibility index (Phi) is 4.54. The van der Waals surface area contributed by atoms with E-state index >= 15 is 0 Å². The summed E-state index contributed by atoms with van der Waals surface area (Å²) in [4.78, 5) is 22.8. The number of rotatable bonds is 4. The lowest BCUT2D eigenvalue weighted by atomic mass is 9.89. The van der Waals surface area contributed by atoms with Crippen molar-refractivity contribution >= 4 is 17.6 Å². The number of benzene rings is 1. The highest BCUT2D eigenvalue weighted by atomic mass is 16.6. The number of nitro benzene ring substituents is 1. The molecule has 0 spiro atoms. The first-order valence-corrected chi connectivity index (χ1v) is 7.95. The summed E-state index contributed by atoms with van der Waals surface area (Å²) in [5.41, 5.74) is 0.407. The van der Waals surface area contributed by atoms with Gasteiger partial charge in [0.1, 0.15) is 0 Å². The summed E-state index contributed by atoms with van der Waals surface area (Å²) in [6.07, 6.45) is 5.53. The molecule has 1 fully saturated rings. The molecule has 0 saturated heterocycles. The Bertz CT molecular complexity index is 765. The Hall–Kier alpha value is -2.77. The third kappa shape index (κ3) is 3.27. The van der Waals surface area contributed by atoms with Crippen molar-refractivity contribution in [3.05, 3.63) is 45.3 Å². The molecular weight excluding hydrogens is 312 g/mol. The van der Waals surface area contributed by atoms with Crippen molar-refractivity contribution in [2.45, 2.75) is 44.9 Å². The quantitative estimate of drug-likeness (QED) is 0.677. The molecule has 0 radical (unpaired) electrons. The second-order valence-corrected chi connectivity index (χ2v) is 5.94. The summed E-state index contributed by atoms with van der Waals surface area (Å²) in [6.45, 7) is 1.54. The van der Waals surface area contributed by atoms with E-state index in [0.29, 0.717) is 11.5 Å². The fraction of sp³-hybridized carbons (Fsp3) is 0.438. The van der Waals surface area contributed by atoms with Gasteiger partial charge in [0, 0.05) is 23.1 Å². The first kappa shape index (κ1) is 16.1. The third-order valence-corrected chi connectivity index (χ3v) is 4.36. The molecule has 1 N–H and O–H groups in total. The number of hydrogen-bond donors (Lipinski definition) is 1.